The molecule has 4 saturated heterocycles. The Morgan fingerprint density at radius 3 is 2.80 bits per heavy atom. The Morgan fingerprint density at radius 2 is 2.03 bits per heavy atom. The highest BCUT2D eigenvalue weighted by Crippen LogP contribution is 2.70. The van der Waals surface area contributed by atoms with Gasteiger partial charge in [0.1, 0.15) is 17.5 Å². The molecule has 0 radical (unpaired) electrons. The van der Waals surface area contributed by atoms with E-state index in [1.54, 1.807) is 12.3 Å². The van der Waals surface area contributed by atoms with Crippen LogP contribution >= 0.6 is 0 Å². The number of H-pyrrole nitrogens is 1. The quantitative estimate of drug-likeness (QED) is 0.293. The molecule has 1 aromatic carbocycles. The zero-order valence-electron chi connectivity index (χ0n) is 20.0. The first-order valence-corrected chi connectivity index (χ1v) is 12.3. The lowest BCUT2D eigenvalue weighted by atomic mass is 9.78. The van der Waals surface area contributed by atoms with Gasteiger partial charge in [0.05, 0.1) is 35.7 Å². The number of aromatic amines is 1. The van der Waals surface area contributed by atoms with Crippen LogP contribution in [-0.2, 0) is 19.8 Å². The van der Waals surface area contributed by atoms with Crippen molar-refractivity contribution in [2.75, 3.05) is 18.5 Å². The smallest absolute Gasteiger partial charge is 0.261 e. The van der Waals surface area contributed by atoms with Crippen LogP contribution in [0, 0.1) is 5.41 Å². The van der Waals surface area contributed by atoms with E-state index < -0.39 is 11.9 Å². The predicted molar refractivity (Wildman–Crippen MR) is 131 cm³/mol. The van der Waals surface area contributed by atoms with Crippen LogP contribution in [0.15, 0.2) is 46.3 Å². The Balaban J connectivity index is 1.26. The summed E-state index contributed by atoms with van der Waals surface area (Å²) in [5.74, 6) is -0.350. The molecule has 9 nitrogen and oxygen atoms in total. The number of aromatic nitrogens is 1. The summed E-state index contributed by atoms with van der Waals surface area (Å²) in [6.07, 6.45) is 4.56. The van der Waals surface area contributed by atoms with Crippen LogP contribution in [0.25, 0.3) is 0 Å². The van der Waals surface area contributed by atoms with Gasteiger partial charge in [0.25, 0.3) is 5.56 Å². The largest absolute Gasteiger partial charge is 0.391 e. The number of epoxide rings is 1. The number of fused-ring (bicyclic) bond motifs is 1. The van der Waals surface area contributed by atoms with Crippen molar-refractivity contribution >= 4 is 17.2 Å². The summed E-state index contributed by atoms with van der Waals surface area (Å²) in [6.45, 7) is 5.31. The second kappa shape index (κ2) is 7.89. The standard InChI is InChI=1S/C26H32N4O5/c1-24(2)14-25(10-7-20-26(24,34-20)35-25)15-3-5-16(6-4-15)29-22(27)21-17(8-11-28-23(21)32)30-18-13-33-12-9-19(18)31/h3-6,8,11,18-20,31H,7,9-10,12-14H2,1-2H3,(H2,27,29)(H2,28,30,32)/t18?,19-,20?,25?,26?/m0/s1. The SMILES string of the molecule is CC1(C)CC2(c3ccc(N=C(N)c4c(NC5COCC[C@@H]5O)cc[nH]c4=O)cc3)CCC3OC31O2. The van der Waals surface area contributed by atoms with Crippen LogP contribution in [0.1, 0.15) is 50.7 Å². The van der Waals surface area contributed by atoms with Gasteiger partial charge >= 0.3 is 0 Å². The average molecular weight is 481 g/mol. The van der Waals surface area contributed by atoms with Crippen molar-refractivity contribution in [1.82, 2.24) is 4.98 Å². The Labute approximate surface area is 203 Å². The zero-order chi connectivity index (χ0) is 24.4. The molecule has 5 heterocycles. The fraction of sp³-hybridized carbons (Fsp3) is 0.538. The number of aliphatic imine (C=N–C) groups is 1. The molecular weight excluding hydrogens is 448 g/mol. The highest BCUT2D eigenvalue weighted by atomic mass is 16.8. The van der Waals surface area contributed by atoms with E-state index in [9.17, 15) is 9.90 Å². The summed E-state index contributed by atoms with van der Waals surface area (Å²) in [5, 5.41) is 13.5. The molecule has 35 heavy (non-hydrogen) atoms. The molecule has 1 aromatic heterocycles. The van der Waals surface area contributed by atoms with Gasteiger partial charge in [-0.3, -0.25) is 4.79 Å². The van der Waals surface area contributed by atoms with Gasteiger partial charge in [0.2, 0.25) is 5.79 Å². The topological polar surface area (TPSA) is 134 Å². The Morgan fingerprint density at radius 1 is 1.23 bits per heavy atom. The van der Waals surface area contributed by atoms with E-state index >= 15 is 0 Å². The number of pyridine rings is 1. The molecule has 5 N–H and O–H groups in total. The summed E-state index contributed by atoms with van der Waals surface area (Å²) in [6, 6.07) is 9.26. The van der Waals surface area contributed by atoms with E-state index in [-0.39, 0.29) is 40.1 Å². The maximum absolute atomic E-state index is 12.7. The molecule has 0 aliphatic carbocycles. The molecule has 1 spiro atoms. The predicted octanol–water partition coefficient (Wildman–Crippen LogP) is 2.50. The van der Waals surface area contributed by atoms with Gasteiger partial charge < -0.3 is 35.4 Å². The van der Waals surface area contributed by atoms with Gasteiger partial charge in [0, 0.05) is 18.2 Å². The van der Waals surface area contributed by atoms with E-state index in [1.807, 2.05) is 24.3 Å². The van der Waals surface area contributed by atoms with Crippen molar-refractivity contribution in [3.63, 3.8) is 0 Å². The number of amidine groups is 1. The molecule has 9 heteroatoms. The van der Waals surface area contributed by atoms with Crippen molar-refractivity contribution in [3.8, 4) is 0 Å². The van der Waals surface area contributed by atoms with Gasteiger partial charge in [-0.15, -0.1) is 0 Å². The monoisotopic (exact) mass is 480 g/mol. The minimum absolute atomic E-state index is 0.0376. The lowest BCUT2D eigenvalue weighted by molar-refractivity contribution is -0.135. The summed E-state index contributed by atoms with van der Waals surface area (Å²) in [7, 11) is 0. The Hall–Kier alpha value is -2.72. The van der Waals surface area contributed by atoms with Crippen molar-refractivity contribution < 1.29 is 19.3 Å². The fourth-order valence-corrected chi connectivity index (χ4v) is 6.17. The number of ether oxygens (including phenoxy) is 3. The minimum atomic E-state index is -0.570. The van der Waals surface area contributed by atoms with E-state index in [1.165, 1.54) is 0 Å². The molecule has 4 aliphatic heterocycles. The molecule has 6 rings (SSSR count). The van der Waals surface area contributed by atoms with E-state index in [4.69, 9.17) is 19.9 Å². The zero-order valence-corrected chi connectivity index (χ0v) is 20.0. The van der Waals surface area contributed by atoms with Crippen LogP contribution in [0.3, 0.4) is 0 Å². The first-order valence-electron chi connectivity index (χ1n) is 12.3. The summed E-state index contributed by atoms with van der Waals surface area (Å²) < 4.78 is 18.1. The molecular formula is C26H32N4O5. The Kier molecular flexibility index (Phi) is 5.12. The third-order valence-corrected chi connectivity index (χ3v) is 8.03. The van der Waals surface area contributed by atoms with Crippen LogP contribution in [0.4, 0.5) is 11.4 Å². The van der Waals surface area contributed by atoms with Crippen LogP contribution in [-0.4, -0.2) is 53.2 Å². The molecule has 4 fully saturated rings. The van der Waals surface area contributed by atoms with Gasteiger partial charge in [-0.25, -0.2) is 4.99 Å². The Bertz CT molecular complexity index is 1220. The van der Waals surface area contributed by atoms with E-state index in [0.717, 1.165) is 24.8 Å². The first-order chi connectivity index (χ1) is 16.7. The molecule has 4 unspecified atom stereocenters. The molecule has 186 valence electrons. The van der Waals surface area contributed by atoms with Gasteiger partial charge in [-0.05, 0) is 49.4 Å². The van der Waals surface area contributed by atoms with Crippen LogP contribution < -0.4 is 16.6 Å². The lowest BCUT2D eigenvalue weighted by Crippen LogP contribution is -2.43. The number of benzene rings is 1. The second-order valence-electron chi connectivity index (χ2n) is 10.8. The average Bonchev–Trinajstić information content (AvgIpc) is 3.52. The highest BCUT2D eigenvalue weighted by molar-refractivity contribution is 6.03. The summed E-state index contributed by atoms with van der Waals surface area (Å²) in [4.78, 5) is 19.9. The third kappa shape index (κ3) is 3.60. The maximum Gasteiger partial charge on any atom is 0.261 e. The summed E-state index contributed by atoms with van der Waals surface area (Å²) >= 11 is 0. The molecule has 2 aromatic rings. The maximum atomic E-state index is 12.7. The van der Waals surface area contributed by atoms with Crippen molar-refractivity contribution in [3.05, 3.63) is 58.0 Å². The number of aliphatic hydroxyl groups is 1. The number of aliphatic hydroxyl groups excluding tert-OH is 1. The molecule has 5 atom stereocenters. The molecule has 0 saturated carbocycles. The van der Waals surface area contributed by atoms with Gasteiger partial charge in [-0.2, -0.15) is 0 Å². The van der Waals surface area contributed by atoms with E-state index in [2.05, 4.69) is 29.1 Å². The van der Waals surface area contributed by atoms with Gasteiger partial charge in [0.15, 0.2) is 0 Å². The van der Waals surface area contributed by atoms with E-state index in [0.29, 0.717) is 31.0 Å². The number of nitrogens with zero attached hydrogens (tertiary/aromatic N) is 1. The second-order valence-corrected chi connectivity index (χ2v) is 10.8. The van der Waals surface area contributed by atoms with Crippen molar-refractivity contribution in [2.24, 2.45) is 16.1 Å². The molecule has 4 aliphatic rings. The third-order valence-electron chi connectivity index (χ3n) is 8.03. The number of nitrogens with two attached hydrogens (primary N) is 1. The van der Waals surface area contributed by atoms with Crippen molar-refractivity contribution in [1.29, 1.82) is 0 Å². The minimum Gasteiger partial charge on any atom is -0.391 e. The number of hydrogen-bond donors (Lipinski definition) is 4. The number of anilines is 1. The highest BCUT2D eigenvalue weighted by Gasteiger charge is 2.77. The molecule has 2 bridgehead atoms. The van der Waals surface area contributed by atoms with Crippen molar-refractivity contribution in [2.45, 2.75) is 69.2 Å². The van der Waals surface area contributed by atoms with Gasteiger partial charge in [-0.1, -0.05) is 26.0 Å². The number of nitrogens with one attached hydrogen (secondary N) is 2. The first kappa shape index (κ1) is 22.7. The fourth-order valence-electron chi connectivity index (χ4n) is 6.17. The molecule has 0 amide bonds. The van der Waals surface area contributed by atoms with Crippen LogP contribution in [0.5, 0.6) is 0 Å². The lowest BCUT2D eigenvalue weighted by Gasteiger charge is -2.31. The summed E-state index contributed by atoms with van der Waals surface area (Å²) in [5.41, 5.74) is 8.08. The van der Waals surface area contributed by atoms with Crippen LogP contribution in [0.2, 0.25) is 0 Å². The number of hydrogen-bond acceptors (Lipinski definition) is 7. The number of rotatable bonds is 5. The normalized spacial score (nSPS) is 35.4.